The summed E-state index contributed by atoms with van der Waals surface area (Å²) in [5.41, 5.74) is 1.15. The zero-order valence-electron chi connectivity index (χ0n) is 14.0. The fourth-order valence-corrected chi connectivity index (χ4v) is 2.28. The first-order valence-corrected chi connectivity index (χ1v) is 7.85. The summed E-state index contributed by atoms with van der Waals surface area (Å²) in [4.78, 5) is 11.7. The van der Waals surface area contributed by atoms with E-state index in [1.807, 2.05) is 0 Å². The highest BCUT2D eigenvalue weighted by Gasteiger charge is 2.15. The number of hydrogen-bond donors (Lipinski definition) is 1. The quantitative estimate of drug-likeness (QED) is 0.788. The number of rotatable bonds is 8. The van der Waals surface area contributed by atoms with E-state index in [1.165, 1.54) is 6.42 Å². The Morgan fingerprint density at radius 1 is 1.20 bits per heavy atom. The van der Waals surface area contributed by atoms with Crippen LogP contribution in [0.4, 0.5) is 11.6 Å². The fraction of sp³-hybridized carbons (Fsp3) is 0.750. The maximum atomic E-state index is 4.77. The van der Waals surface area contributed by atoms with E-state index < -0.39 is 0 Å². The van der Waals surface area contributed by atoms with Crippen molar-refractivity contribution in [3.05, 3.63) is 11.4 Å². The van der Waals surface area contributed by atoms with Crippen molar-refractivity contribution in [2.45, 2.75) is 53.9 Å². The highest BCUT2D eigenvalue weighted by molar-refractivity contribution is 5.58. The molecule has 1 aromatic heterocycles. The van der Waals surface area contributed by atoms with Gasteiger partial charge in [0.2, 0.25) is 0 Å². The topological polar surface area (TPSA) is 41.1 Å². The third-order valence-electron chi connectivity index (χ3n) is 3.63. The molecule has 0 spiro atoms. The van der Waals surface area contributed by atoms with Gasteiger partial charge in [0.1, 0.15) is 17.5 Å². The molecule has 0 aromatic carbocycles. The molecular weight excluding hydrogens is 248 g/mol. The third-order valence-corrected chi connectivity index (χ3v) is 3.63. The van der Waals surface area contributed by atoms with Crippen LogP contribution in [0.5, 0.6) is 0 Å². The molecule has 0 radical (unpaired) electrons. The summed E-state index contributed by atoms with van der Waals surface area (Å²) in [7, 11) is 2.13. The summed E-state index contributed by atoms with van der Waals surface area (Å²) < 4.78 is 0. The Labute approximate surface area is 124 Å². The largest absolute Gasteiger partial charge is 0.370 e. The summed E-state index contributed by atoms with van der Waals surface area (Å²) in [6, 6.07) is 0. The van der Waals surface area contributed by atoms with Crippen molar-refractivity contribution in [2.24, 2.45) is 5.92 Å². The van der Waals surface area contributed by atoms with Crippen LogP contribution in [0.15, 0.2) is 0 Å². The molecule has 0 aliphatic rings. The Morgan fingerprint density at radius 2 is 1.90 bits per heavy atom. The first-order chi connectivity index (χ1) is 9.53. The van der Waals surface area contributed by atoms with E-state index in [1.54, 1.807) is 0 Å². The zero-order chi connectivity index (χ0) is 15.1. The normalized spacial score (nSPS) is 12.3. The smallest absolute Gasteiger partial charge is 0.137 e. The lowest BCUT2D eigenvalue weighted by Crippen LogP contribution is -2.26. The Balaban J connectivity index is 3.08. The minimum absolute atomic E-state index is 0.673. The Bertz CT molecular complexity index is 417. The Kier molecular flexibility index (Phi) is 6.76. The molecule has 0 bridgehead atoms. The molecule has 20 heavy (non-hydrogen) atoms. The molecule has 114 valence electrons. The summed E-state index contributed by atoms with van der Waals surface area (Å²) in [6.07, 6.45) is 3.20. The molecule has 1 atom stereocenters. The summed E-state index contributed by atoms with van der Waals surface area (Å²) in [5.74, 6) is 3.67. The molecule has 1 heterocycles. The second-order valence-corrected chi connectivity index (χ2v) is 5.61. The van der Waals surface area contributed by atoms with E-state index in [0.717, 1.165) is 49.0 Å². The Morgan fingerprint density at radius 3 is 2.45 bits per heavy atom. The standard InChI is InChI=1S/C16H30N4/c1-7-10-14-18-15(17-9-3)13(5)16(19-14)20(6)11-12(4)8-2/h12H,7-11H2,1-6H3,(H,17,18,19). The molecule has 4 heteroatoms. The van der Waals surface area contributed by atoms with Crippen LogP contribution in [0, 0.1) is 12.8 Å². The van der Waals surface area contributed by atoms with Gasteiger partial charge in [0.05, 0.1) is 0 Å². The average molecular weight is 278 g/mol. The van der Waals surface area contributed by atoms with Crippen LogP contribution in [0.1, 0.15) is 51.9 Å². The van der Waals surface area contributed by atoms with Gasteiger partial charge in [-0.15, -0.1) is 0 Å². The minimum atomic E-state index is 0.673. The van der Waals surface area contributed by atoms with Gasteiger partial charge in [0, 0.05) is 32.1 Å². The van der Waals surface area contributed by atoms with Gasteiger partial charge in [-0.1, -0.05) is 27.2 Å². The van der Waals surface area contributed by atoms with Crippen LogP contribution in [0.25, 0.3) is 0 Å². The lowest BCUT2D eigenvalue weighted by atomic mass is 10.1. The van der Waals surface area contributed by atoms with Crippen LogP contribution >= 0.6 is 0 Å². The highest BCUT2D eigenvalue weighted by Crippen LogP contribution is 2.24. The number of aromatic nitrogens is 2. The van der Waals surface area contributed by atoms with E-state index in [4.69, 9.17) is 4.98 Å². The van der Waals surface area contributed by atoms with Crippen LogP contribution < -0.4 is 10.2 Å². The first kappa shape index (κ1) is 16.7. The van der Waals surface area contributed by atoms with E-state index in [9.17, 15) is 0 Å². The first-order valence-electron chi connectivity index (χ1n) is 7.85. The van der Waals surface area contributed by atoms with Crippen molar-refractivity contribution in [2.75, 3.05) is 30.4 Å². The van der Waals surface area contributed by atoms with E-state index in [2.05, 4.69) is 56.9 Å². The van der Waals surface area contributed by atoms with Crippen molar-refractivity contribution < 1.29 is 0 Å². The van der Waals surface area contributed by atoms with Crippen LogP contribution in [0.3, 0.4) is 0 Å². The molecule has 1 aromatic rings. The van der Waals surface area contributed by atoms with E-state index >= 15 is 0 Å². The third kappa shape index (κ3) is 4.36. The van der Waals surface area contributed by atoms with Gasteiger partial charge in [-0.25, -0.2) is 9.97 Å². The van der Waals surface area contributed by atoms with Gasteiger partial charge >= 0.3 is 0 Å². The number of nitrogens with one attached hydrogen (secondary N) is 1. The molecule has 1 N–H and O–H groups in total. The fourth-order valence-electron chi connectivity index (χ4n) is 2.28. The van der Waals surface area contributed by atoms with Crippen molar-refractivity contribution in [1.29, 1.82) is 0 Å². The van der Waals surface area contributed by atoms with Crippen molar-refractivity contribution >= 4 is 11.6 Å². The molecule has 0 aliphatic heterocycles. The summed E-state index contributed by atoms with van der Waals surface area (Å²) in [6.45, 7) is 12.8. The van der Waals surface area contributed by atoms with Crippen molar-refractivity contribution in [3.63, 3.8) is 0 Å². The molecule has 0 amide bonds. The van der Waals surface area contributed by atoms with E-state index in [0.29, 0.717) is 5.92 Å². The van der Waals surface area contributed by atoms with Gasteiger partial charge in [0.25, 0.3) is 0 Å². The molecule has 0 saturated heterocycles. The van der Waals surface area contributed by atoms with E-state index in [-0.39, 0.29) is 0 Å². The SMILES string of the molecule is CCCc1nc(NCC)c(C)c(N(C)CC(C)CC)n1. The number of anilines is 2. The molecule has 0 saturated carbocycles. The molecule has 1 rings (SSSR count). The molecular formula is C16H30N4. The van der Waals surface area contributed by atoms with Crippen LogP contribution in [-0.2, 0) is 6.42 Å². The lowest BCUT2D eigenvalue weighted by molar-refractivity contribution is 0.556. The molecule has 1 unspecified atom stereocenters. The van der Waals surface area contributed by atoms with Gasteiger partial charge in [0.15, 0.2) is 0 Å². The number of nitrogens with zero attached hydrogens (tertiary/aromatic N) is 3. The van der Waals surface area contributed by atoms with Gasteiger partial charge in [-0.3, -0.25) is 0 Å². The predicted molar refractivity (Wildman–Crippen MR) is 87.7 cm³/mol. The van der Waals surface area contributed by atoms with Gasteiger partial charge in [-0.05, 0) is 26.2 Å². The maximum Gasteiger partial charge on any atom is 0.137 e. The highest BCUT2D eigenvalue weighted by atomic mass is 15.2. The minimum Gasteiger partial charge on any atom is -0.370 e. The Hall–Kier alpha value is -1.32. The molecule has 0 aliphatic carbocycles. The number of hydrogen-bond acceptors (Lipinski definition) is 4. The monoisotopic (exact) mass is 278 g/mol. The molecule has 0 fully saturated rings. The zero-order valence-corrected chi connectivity index (χ0v) is 14.0. The van der Waals surface area contributed by atoms with Crippen LogP contribution in [0.2, 0.25) is 0 Å². The van der Waals surface area contributed by atoms with Crippen molar-refractivity contribution in [1.82, 2.24) is 9.97 Å². The number of aryl methyl sites for hydroxylation is 1. The molecule has 4 nitrogen and oxygen atoms in total. The van der Waals surface area contributed by atoms with Crippen molar-refractivity contribution in [3.8, 4) is 0 Å². The predicted octanol–water partition coefficient (Wildman–Crippen LogP) is 3.65. The van der Waals surface area contributed by atoms with Gasteiger partial charge < -0.3 is 10.2 Å². The second kappa shape index (κ2) is 8.08. The van der Waals surface area contributed by atoms with Crippen LogP contribution in [-0.4, -0.2) is 30.1 Å². The average Bonchev–Trinajstić information content (AvgIpc) is 2.42. The lowest BCUT2D eigenvalue weighted by Gasteiger charge is -2.25. The van der Waals surface area contributed by atoms with Gasteiger partial charge in [-0.2, -0.15) is 0 Å². The maximum absolute atomic E-state index is 4.77. The summed E-state index contributed by atoms with van der Waals surface area (Å²) >= 11 is 0. The second-order valence-electron chi connectivity index (χ2n) is 5.61. The summed E-state index contributed by atoms with van der Waals surface area (Å²) in [5, 5.41) is 3.36.